The molecule has 0 spiro atoms. The molecule has 0 aromatic heterocycles. The minimum Gasteiger partial charge on any atom is -0.466 e. The zero-order chi connectivity index (χ0) is 41.2. The maximum atomic E-state index is 12.8. The van der Waals surface area contributed by atoms with Crippen LogP contribution in [0.5, 0.6) is 0 Å². The smallest absolute Gasteiger partial charge is 0.307 e. The predicted octanol–water partition coefficient (Wildman–Crippen LogP) is 4.33. The molecule has 16 nitrogen and oxygen atoms in total. The van der Waals surface area contributed by atoms with Crippen LogP contribution in [0.15, 0.2) is 0 Å². The molecular formula is C41H70N2O14. The van der Waals surface area contributed by atoms with Gasteiger partial charge in [-0.3, -0.25) is 9.59 Å². The first-order valence-corrected chi connectivity index (χ1v) is 21.4. The lowest BCUT2D eigenvalue weighted by Gasteiger charge is -2.41. The average molecular weight is 815 g/mol. The van der Waals surface area contributed by atoms with E-state index in [1.165, 1.54) is 0 Å². The van der Waals surface area contributed by atoms with Crippen LogP contribution in [-0.2, 0) is 66.4 Å². The van der Waals surface area contributed by atoms with E-state index in [2.05, 4.69) is 10.6 Å². The SMILES string of the molecule is CCOC(=O)CC(NCCCCCCCCCNC(CC(=O)OCC)[C@H]1O[C@@H]2OC(C)(C)O[C@@H]2[C@H]2OC(C)(C)O[C@H]21)[C@H]1O[C@@H]2OC(C)(C)O[C@@H]2[C@H]2OC(C)(C)O[C@H]21. The molecule has 57 heavy (non-hydrogen) atoms. The summed E-state index contributed by atoms with van der Waals surface area (Å²) in [5, 5.41) is 7.18. The molecule has 6 aliphatic rings. The van der Waals surface area contributed by atoms with E-state index in [4.69, 9.17) is 56.8 Å². The fraction of sp³-hybridized carbons (Fsp3) is 0.951. The van der Waals surface area contributed by atoms with Crippen molar-refractivity contribution in [2.24, 2.45) is 0 Å². The Labute approximate surface area is 338 Å². The van der Waals surface area contributed by atoms with Gasteiger partial charge in [-0.2, -0.15) is 0 Å². The van der Waals surface area contributed by atoms with Gasteiger partial charge in [-0.25, -0.2) is 0 Å². The van der Waals surface area contributed by atoms with Gasteiger partial charge in [0.15, 0.2) is 35.7 Å². The third-order valence-corrected chi connectivity index (χ3v) is 11.2. The van der Waals surface area contributed by atoms with Crippen molar-refractivity contribution >= 4 is 11.9 Å². The molecule has 0 saturated carbocycles. The Morgan fingerprint density at radius 1 is 0.474 bits per heavy atom. The third-order valence-electron chi connectivity index (χ3n) is 11.2. The molecule has 2 unspecified atom stereocenters. The number of unbranched alkanes of at least 4 members (excludes halogenated alkanes) is 6. The molecule has 0 amide bonds. The second-order valence-corrected chi connectivity index (χ2v) is 17.9. The summed E-state index contributed by atoms with van der Waals surface area (Å²) in [5.41, 5.74) is 0. The first-order chi connectivity index (χ1) is 26.9. The van der Waals surface area contributed by atoms with Gasteiger partial charge in [-0.05, 0) is 95.2 Å². The second kappa shape index (κ2) is 18.6. The quantitative estimate of drug-likeness (QED) is 0.132. The van der Waals surface area contributed by atoms with Crippen molar-refractivity contribution in [2.45, 2.75) is 224 Å². The number of fused-ring (bicyclic) bond motifs is 6. The van der Waals surface area contributed by atoms with Gasteiger partial charge in [0.1, 0.15) is 48.8 Å². The highest BCUT2D eigenvalue weighted by Gasteiger charge is 2.63. The van der Waals surface area contributed by atoms with E-state index in [1.54, 1.807) is 13.8 Å². The summed E-state index contributed by atoms with van der Waals surface area (Å²) in [6.07, 6.45) is 2.70. The number of ether oxygens (including phenoxy) is 12. The molecule has 16 heteroatoms. The standard InChI is InChI=1S/C41H70N2O14/c1-11-46-26(44)22-24(28-30-32(52-38(3,4)50-30)34-36(48-28)56-40(7,8)54-34)42-20-18-16-14-13-15-17-19-21-43-25(23-27(45)47-12-2)29-31-33(53-39(5,6)51-31)35-37(49-29)57-41(9,10)55-35/h24-25,28-37,42-43H,11-23H2,1-10H3/t24?,25?,28-,29-,30+,31+,32+,33+,34-,35-,36-,37-/m1/s1. The minimum atomic E-state index is -0.830. The lowest BCUT2D eigenvalue weighted by atomic mass is 9.92. The zero-order valence-electron chi connectivity index (χ0n) is 35.8. The molecule has 6 aliphatic heterocycles. The van der Waals surface area contributed by atoms with Crippen LogP contribution in [0.4, 0.5) is 0 Å². The molecule has 0 radical (unpaired) electrons. The number of carbonyl (C=O) groups excluding carboxylic acids is 2. The van der Waals surface area contributed by atoms with Gasteiger partial charge in [0.25, 0.3) is 0 Å². The van der Waals surface area contributed by atoms with Crippen molar-refractivity contribution in [3.8, 4) is 0 Å². The normalized spacial score (nSPS) is 36.5. The average Bonchev–Trinajstić information content (AvgIpc) is 3.82. The maximum Gasteiger partial charge on any atom is 0.307 e. The van der Waals surface area contributed by atoms with Crippen LogP contribution in [0.2, 0.25) is 0 Å². The fourth-order valence-corrected chi connectivity index (χ4v) is 9.05. The fourth-order valence-electron chi connectivity index (χ4n) is 9.05. The van der Waals surface area contributed by atoms with Gasteiger partial charge in [-0.1, -0.05) is 32.1 Å². The lowest BCUT2D eigenvalue weighted by molar-refractivity contribution is -0.240. The first kappa shape index (κ1) is 45.0. The van der Waals surface area contributed by atoms with Crippen molar-refractivity contribution in [1.29, 1.82) is 0 Å². The van der Waals surface area contributed by atoms with Crippen LogP contribution in [0.25, 0.3) is 0 Å². The summed E-state index contributed by atoms with van der Waals surface area (Å²) in [4.78, 5) is 25.5. The Bertz CT molecular complexity index is 1250. The van der Waals surface area contributed by atoms with E-state index in [0.29, 0.717) is 26.3 Å². The van der Waals surface area contributed by atoms with Crippen LogP contribution < -0.4 is 10.6 Å². The molecule has 6 heterocycles. The Morgan fingerprint density at radius 3 is 1.16 bits per heavy atom. The summed E-state index contributed by atoms with van der Waals surface area (Å²) < 4.78 is 73.5. The molecule has 328 valence electrons. The Balaban J connectivity index is 0.937. The molecule has 6 fully saturated rings. The summed E-state index contributed by atoms with van der Waals surface area (Å²) in [7, 11) is 0. The van der Waals surface area contributed by atoms with Gasteiger partial charge in [0.2, 0.25) is 0 Å². The second-order valence-electron chi connectivity index (χ2n) is 17.9. The van der Waals surface area contributed by atoms with Gasteiger partial charge in [0.05, 0.1) is 26.1 Å². The minimum absolute atomic E-state index is 0.135. The van der Waals surface area contributed by atoms with Crippen molar-refractivity contribution in [2.75, 3.05) is 26.3 Å². The largest absolute Gasteiger partial charge is 0.466 e. The van der Waals surface area contributed by atoms with Gasteiger partial charge in [0, 0.05) is 12.1 Å². The van der Waals surface area contributed by atoms with Crippen molar-refractivity contribution < 1.29 is 66.4 Å². The van der Waals surface area contributed by atoms with Gasteiger partial charge >= 0.3 is 11.9 Å². The molecular weight excluding hydrogens is 744 g/mol. The number of carbonyl (C=O) groups is 2. The molecule has 0 bridgehead atoms. The van der Waals surface area contributed by atoms with E-state index in [9.17, 15) is 9.59 Å². The van der Waals surface area contributed by atoms with Crippen molar-refractivity contribution in [1.82, 2.24) is 10.6 Å². The summed E-state index contributed by atoms with van der Waals surface area (Å²) >= 11 is 0. The van der Waals surface area contributed by atoms with Crippen LogP contribution >= 0.6 is 0 Å². The number of hydrogen-bond donors (Lipinski definition) is 2. The van der Waals surface area contributed by atoms with Crippen LogP contribution in [0.1, 0.15) is 127 Å². The van der Waals surface area contributed by atoms with Crippen molar-refractivity contribution in [3.63, 3.8) is 0 Å². The zero-order valence-corrected chi connectivity index (χ0v) is 35.8. The number of hydrogen-bond acceptors (Lipinski definition) is 16. The molecule has 2 N–H and O–H groups in total. The molecule has 12 atom stereocenters. The lowest BCUT2D eigenvalue weighted by Crippen LogP contribution is -2.61. The van der Waals surface area contributed by atoms with E-state index in [-0.39, 0.29) is 36.9 Å². The summed E-state index contributed by atoms with van der Waals surface area (Å²) in [5.74, 6) is -3.90. The van der Waals surface area contributed by atoms with Gasteiger partial charge in [-0.15, -0.1) is 0 Å². The highest BCUT2D eigenvalue weighted by molar-refractivity contribution is 5.70. The van der Waals surface area contributed by atoms with E-state index in [0.717, 1.165) is 44.9 Å². The molecule has 6 saturated heterocycles. The van der Waals surface area contributed by atoms with E-state index >= 15 is 0 Å². The summed E-state index contributed by atoms with van der Waals surface area (Å²) in [6.45, 7) is 20.6. The van der Waals surface area contributed by atoms with Crippen LogP contribution in [-0.4, -0.2) is 135 Å². The first-order valence-electron chi connectivity index (χ1n) is 21.4. The Morgan fingerprint density at radius 2 is 0.789 bits per heavy atom. The number of esters is 2. The third kappa shape index (κ3) is 11.4. The Hall–Kier alpha value is -1.54. The predicted molar refractivity (Wildman–Crippen MR) is 203 cm³/mol. The molecule has 0 aromatic carbocycles. The van der Waals surface area contributed by atoms with Crippen molar-refractivity contribution in [3.05, 3.63) is 0 Å². The monoisotopic (exact) mass is 814 g/mol. The molecule has 0 aliphatic carbocycles. The topological polar surface area (TPSA) is 169 Å². The molecule has 6 rings (SSSR count). The van der Waals surface area contributed by atoms with Crippen LogP contribution in [0, 0.1) is 0 Å². The molecule has 0 aromatic rings. The number of nitrogens with one attached hydrogen (secondary N) is 2. The highest BCUT2D eigenvalue weighted by atomic mass is 16.9. The Kier molecular flexibility index (Phi) is 14.7. The van der Waals surface area contributed by atoms with E-state index in [1.807, 2.05) is 55.4 Å². The summed E-state index contributed by atoms with van der Waals surface area (Å²) in [6, 6.07) is -0.724. The highest BCUT2D eigenvalue weighted by Crippen LogP contribution is 2.46. The van der Waals surface area contributed by atoms with Gasteiger partial charge < -0.3 is 67.5 Å². The maximum absolute atomic E-state index is 12.8. The van der Waals surface area contributed by atoms with E-state index < -0.39 is 84.6 Å². The van der Waals surface area contributed by atoms with Crippen LogP contribution in [0.3, 0.4) is 0 Å². The number of rotatable bonds is 20.